The Hall–Kier alpha value is -2.15. The number of hydrogen-bond acceptors (Lipinski definition) is 2. The van der Waals surface area contributed by atoms with E-state index in [1.807, 2.05) is 6.07 Å². The second-order valence-electron chi connectivity index (χ2n) is 2.68. The van der Waals surface area contributed by atoms with Gasteiger partial charge in [-0.05, 0) is 12.1 Å². The van der Waals surface area contributed by atoms with Gasteiger partial charge in [0.2, 0.25) is 0 Å². The van der Waals surface area contributed by atoms with Gasteiger partial charge in [0, 0.05) is 18.3 Å². The van der Waals surface area contributed by atoms with Crippen LogP contribution in [0.4, 0.5) is 4.39 Å². The van der Waals surface area contributed by atoms with E-state index < -0.39 is 5.82 Å². The van der Waals surface area contributed by atoms with E-state index in [1.54, 1.807) is 6.07 Å². The molecule has 1 heterocycles. The van der Waals surface area contributed by atoms with Crippen LogP contribution in [-0.2, 0) is 0 Å². The van der Waals surface area contributed by atoms with Crippen LogP contribution in [-0.4, -0.2) is 9.78 Å². The molecule has 2 rings (SSSR count). The molecule has 0 atom stereocenters. The molecule has 3 nitrogen and oxygen atoms in total. The average molecular weight is 186 g/mol. The number of hydrogen-bond donors (Lipinski definition) is 0. The van der Waals surface area contributed by atoms with Gasteiger partial charge >= 0.3 is 0 Å². The van der Waals surface area contributed by atoms with Gasteiger partial charge in [0.1, 0.15) is 11.9 Å². The highest BCUT2D eigenvalue weighted by atomic mass is 19.1. The van der Waals surface area contributed by atoms with Crippen LogP contribution in [0.1, 0.15) is 5.56 Å². The predicted octanol–water partition coefficient (Wildman–Crippen LogP) is 1.68. The highest BCUT2D eigenvalue weighted by Crippen LogP contribution is 2.08. The Bertz CT molecular complexity index is 496. The largest absolute Gasteiger partial charge is 0.240 e. The minimum atomic E-state index is -0.448. The maximum Gasteiger partial charge on any atom is 0.133 e. The van der Waals surface area contributed by atoms with Gasteiger partial charge in [-0.3, -0.25) is 0 Å². The van der Waals surface area contributed by atoms with Crippen molar-refractivity contribution in [2.24, 2.45) is 0 Å². The van der Waals surface area contributed by atoms with E-state index >= 15 is 0 Å². The number of nitriles is 1. The van der Waals surface area contributed by atoms with E-state index in [4.69, 9.17) is 5.26 Å². The lowest BCUT2D eigenvalue weighted by atomic mass is 10.3. The molecule has 0 unspecified atom stereocenters. The van der Waals surface area contributed by atoms with Gasteiger partial charge in [-0.25, -0.2) is 9.07 Å². The molecular weight excluding hydrogens is 181 g/mol. The third-order valence-electron chi connectivity index (χ3n) is 1.73. The zero-order chi connectivity index (χ0) is 9.97. The van der Waals surface area contributed by atoms with Crippen molar-refractivity contribution < 1.29 is 4.39 Å². The van der Waals surface area contributed by atoms with Gasteiger partial charge < -0.3 is 0 Å². The van der Waals surface area contributed by atoms with Crippen LogP contribution in [0.25, 0.3) is 5.69 Å². The third kappa shape index (κ3) is 1.48. The number of benzene rings is 1. The summed E-state index contributed by atoms with van der Waals surface area (Å²) < 4.78 is 14.2. The van der Waals surface area contributed by atoms with Crippen molar-refractivity contribution in [3.05, 3.63) is 48.0 Å². The van der Waals surface area contributed by atoms with E-state index in [0.29, 0.717) is 11.3 Å². The van der Waals surface area contributed by atoms with Gasteiger partial charge in [-0.15, -0.1) is 0 Å². The summed E-state index contributed by atoms with van der Waals surface area (Å²) in [6.45, 7) is 0. The van der Waals surface area contributed by atoms with Crippen molar-refractivity contribution in [3.63, 3.8) is 0 Å². The second kappa shape index (κ2) is 3.30. The molecule has 0 saturated carbocycles. The Morgan fingerprint density at radius 1 is 1.57 bits per heavy atom. The number of rotatable bonds is 1. The molecule has 0 amide bonds. The second-order valence-corrected chi connectivity index (χ2v) is 2.68. The summed E-state index contributed by atoms with van der Waals surface area (Å²) in [6, 6.07) is 8.77. The van der Waals surface area contributed by atoms with Crippen molar-refractivity contribution in [1.82, 2.24) is 9.78 Å². The Kier molecular flexibility index (Phi) is 1.99. The molecule has 4 heteroatoms. The van der Waals surface area contributed by atoms with E-state index in [1.165, 1.54) is 29.2 Å². The minimum Gasteiger partial charge on any atom is -0.240 e. The van der Waals surface area contributed by atoms with E-state index in [0.717, 1.165) is 0 Å². The molecule has 67 valence electrons. The Morgan fingerprint density at radius 3 is 3.07 bits per heavy atom. The summed E-state index contributed by atoms with van der Waals surface area (Å²) in [5.41, 5.74) is 1.01. The van der Waals surface area contributed by atoms with Gasteiger partial charge in [0.15, 0.2) is 0 Å². The molecular formula is C10H5FN3. The Morgan fingerprint density at radius 2 is 2.43 bits per heavy atom. The van der Waals surface area contributed by atoms with Gasteiger partial charge in [0.05, 0.1) is 17.4 Å². The maximum absolute atomic E-state index is 12.8. The number of halogens is 1. The van der Waals surface area contributed by atoms with Crippen LogP contribution in [0.3, 0.4) is 0 Å². The fourth-order valence-electron chi connectivity index (χ4n) is 1.09. The first-order chi connectivity index (χ1) is 6.79. The molecule has 14 heavy (non-hydrogen) atoms. The molecule has 2 aromatic rings. The highest BCUT2D eigenvalue weighted by molar-refractivity contribution is 5.33. The summed E-state index contributed by atoms with van der Waals surface area (Å²) in [5.74, 6) is -0.448. The predicted molar refractivity (Wildman–Crippen MR) is 47.1 cm³/mol. The van der Waals surface area contributed by atoms with Crippen LogP contribution in [0.2, 0.25) is 0 Å². The number of nitrogens with zero attached hydrogens (tertiary/aromatic N) is 3. The average Bonchev–Trinajstić information content (AvgIpc) is 2.66. The Labute approximate surface area is 80.0 Å². The van der Waals surface area contributed by atoms with Crippen LogP contribution in [0, 0.1) is 23.2 Å². The van der Waals surface area contributed by atoms with E-state index in [-0.39, 0.29) is 0 Å². The molecule has 0 N–H and O–H groups in total. The topological polar surface area (TPSA) is 41.6 Å². The highest BCUT2D eigenvalue weighted by Gasteiger charge is 2.00. The summed E-state index contributed by atoms with van der Waals surface area (Å²) in [7, 11) is 0. The van der Waals surface area contributed by atoms with Crippen molar-refractivity contribution in [1.29, 1.82) is 5.26 Å². The first-order valence-electron chi connectivity index (χ1n) is 3.92. The number of aromatic nitrogens is 2. The van der Waals surface area contributed by atoms with E-state index in [2.05, 4.69) is 11.2 Å². The summed E-state index contributed by atoms with van der Waals surface area (Å²) in [5, 5.41) is 12.5. The third-order valence-corrected chi connectivity index (χ3v) is 1.73. The van der Waals surface area contributed by atoms with Crippen molar-refractivity contribution >= 4 is 0 Å². The zero-order valence-electron chi connectivity index (χ0n) is 7.11. The minimum absolute atomic E-state index is 0.443. The van der Waals surface area contributed by atoms with Crippen LogP contribution in [0.5, 0.6) is 0 Å². The molecule has 0 fully saturated rings. The summed E-state index contributed by atoms with van der Waals surface area (Å²) in [4.78, 5) is 0. The quantitative estimate of drug-likeness (QED) is 0.679. The maximum atomic E-state index is 12.8. The molecule has 1 aromatic carbocycles. The normalized spacial score (nSPS) is 9.71. The molecule has 0 saturated heterocycles. The zero-order valence-corrected chi connectivity index (χ0v) is 7.11. The fraction of sp³-hybridized carbons (Fsp3) is 0. The first-order valence-corrected chi connectivity index (χ1v) is 3.92. The summed E-state index contributed by atoms with van der Waals surface area (Å²) >= 11 is 0. The van der Waals surface area contributed by atoms with Gasteiger partial charge in [0.25, 0.3) is 0 Å². The molecule has 1 aromatic heterocycles. The molecule has 0 spiro atoms. The monoisotopic (exact) mass is 186 g/mol. The lowest BCUT2D eigenvalue weighted by Gasteiger charge is -1.99. The van der Waals surface area contributed by atoms with Gasteiger partial charge in [-0.1, -0.05) is 0 Å². The lowest BCUT2D eigenvalue weighted by Crippen LogP contribution is -1.94. The van der Waals surface area contributed by atoms with Crippen LogP contribution in [0.15, 0.2) is 30.6 Å². The van der Waals surface area contributed by atoms with Crippen LogP contribution < -0.4 is 0 Å². The Balaban J connectivity index is 2.45. The lowest BCUT2D eigenvalue weighted by molar-refractivity contribution is 0.623. The van der Waals surface area contributed by atoms with E-state index in [9.17, 15) is 4.39 Å². The molecule has 0 aliphatic heterocycles. The molecule has 0 bridgehead atoms. The fourth-order valence-corrected chi connectivity index (χ4v) is 1.09. The first kappa shape index (κ1) is 8.45. The smallest absolute Gasteiger partial charge is 0.133 e. The molecule has 0 aliphatic carbocycles. The van der Waals surface area contributed by atoms with Crippen molar-refractivity contribution in [3.8, 4) is 11.8 Å². The summed E-state index contributed by atoms with van der Waals surface area (Å²) in [6.07, 6.45) is 2.96. The molecule has 0 aliphatic rings. The van der Waals surface area contributed by atoms with Crippen LogP contribution >= 0.6 is 0 Å². The van der Waals surface area contributed by atoms with Gasteiger partial charge in [-0.2, -0.15) is 10.4 Å². The van der Waals surface area contributed by atoms with Crippen molar-refractivity contribution in [2.75, 3.05) is 0 Å². The standard InChI is InChI=1S/C10H5FN3/c11-9-2-1-3-10(4-9)14-7-8(5-12)6-13-14/h1,3-4,6-7H. The SMILES string of the molecule is N#Cc1cnn(-c2cc[c]c(F)c2)c1. The molecule has 1 radical (unpaired) electrons. The van der Waals surface area contributed by atoms with Crippen molar-refractivity contribution in [2.45, 2.75) is 0 Å².